The number of nitrogens with one attached hydrogen (secondary N) is 2. The Hall–Kier alpha value is -2.13. The molecule has 20 heavy (non-hydrogen) atoms. The van der Waals surface area contributed by atoms with Crippen LogP contribution in [0.5, 0.6) is 0 Å². The summed E-state index contributed by atoms with van der Waals surface area (Å²) in [6.07, 6.45) is -3.60. The monoisotopic (exact) mass is 305 g/mol. The van der Waals surface area contributed by atoms with Crippen molar-refractivity contribution < 1.29 is 13.2 Å². The average Bonchev–Trinajstić information content (AvgIpc) is 2.37. The van der Waals surface area contributed by atoms with Crippen LogP contribution in [0.25, 0.3) is 5.69 Å². The third kappa shape index (κ3) is 3.68. The Morgan fingerprint density at radius 1 is 1.20 bits per heavy atom. The highest BCUT2D eigenvalue weighted by molar-refractivity contribution is 6.30. The number of rotatable bonds is 3. The van der Waals surface area contributed by atoms with Crippen molar-refractivity contribution in [2.24, 2.45) is 0 Å². The highest BCUT2D eigenvalue weighted by atomic mass is 35.5. The molecular weight excluding hydrogens is 299 g/mol. The topological polar surface area (TPSA) is 71.8 Å². The van der Waals surface area contributed by atoms with Crippen molar-refractivity contribution in [3.8, 4) is 5.69 Å². The van der Waals surface area contributed by atoms with Crippen molar-refractivity contribution in [1.29, 1.82) is 0 Å². The van der Waals surface area contributed by atoms with E-state index in [0.717, 1.165) is 16.3 Å². The van der Waals surface area contributed by atoms with Gasteiger partial charge in [0.15, 0.2) is 0 Å². The summed E-state index contributed by atoms with van der Waals surface area (Å²) < 4.78 is 36.8. The molecule has 1 aromatic carbocycles. The van der Waals surface area contributed by atoms with Gasteiger partial charge in [-0.15, -0.1) is 5.43 Å². The van der Waals surface area contributed by atoms with Crippen LogP contribution in [0.4, 0.5) is 19.1 Å². The Morgan fingerprint density at radius 2 is 1.85 bits per heavy atom. The summed E-state index contributed by atoms with van der Waals surface area (Å²) >= 11 is 5.70. The second kappa shape index (κ2) is 5.47. The van der Waals surface area contributed by atoms with Crippen molar-refractivity contribution in [3.05, 3.63) is 46.1 Å². The van der Waals surface area contributed by atoms with Gasteiger partial charge in [-0.2, -0.15) is 18.2 Å². The van der Waals surface area contributed by atoms with E-state index in [1.54, 1.807) is 29.7 Å². The van der Waals surface area contributed by atoms with Gasteiger partial charge < -0.3 is 0 Å². The van der Waals surface area contributed by atoms with Gasteiger partial charge in [-0.3, -0.25) is 9.99 Å². The molecule has 106 valence electrons. The van der Waals surface area contributed by atoms with Gasteiger partial charge in [0.25, 0.3) is 0 Å². The Labute approximate surface area is 115 Å². The predicted molar refractivity (Wildman–Crippen MR) is 65.5 cm³/mol. The fourth-order valence-electron chi connectivity index (χ4n) is 1.30. The van der Waals surface area contributed by atoms with Crippen LogP contribution in [0.2, 0.25) is 5.02 Å². The molecule has 0 amide bonds. The van der Waals surface area contributed by atoms with Gasteiger partial charge in [0, 0.05) is 5.02 Å². The summed E-state index contributed by atoms with van der Waals surface area (Å²) in [5.74, 6) is -0.488. The first-order valence-electron chi connectivity index (χ1n) is 5.17. The molecule has 0 unspecified atom stereocenters. The minimum absolute atomic E-state index is 0.440. The van der Waals surface area contributed by atoms with E-state index in [4.69, 9.17) is 11.6 Å². The maximum Gasteiger partial charge on any atom is 0.474 e. The molecule has 0 saturated carbocycles. The number of anilines is 1. The first kappa shape index (κ1) is 14.3. The number of alkyl halides is 3. The summed E-state index contributed by atoms with van der Waals surface area (Å²) in [5, 5.41) is 0.482. The molecule has 6 nitrogen and oxygen atoms in total. The van der Waals surface area contributed by atoms with Gasteiger partial charge in [-0.25, -0.2) is 9.78 Å². The van der Waals surface area contributed by atoms with Gasteiger partial charge in [-0.05, 0) is 24.3 Å². The zero-order valence-corrected chi connectivity index (χ0v) is 10.4. The molecule has 0 aliphatic rings. The van der Waals surface area contributed by atoms with Gasteiger partial charge in [0.05, 0.1) is 5.69 Å². The molecule has 0 saturated heterocycles. The van der Waals surface area contributed by atoms with E-state index >= 15 is 0 Å². The van der Waals surface area contributed by atoms with E-state index in [1.807, 2.05) is 0 Å². The molecule has 0 radical (unpaired) electrons. The van der Waals surface area contributed by atoms with E-state index in [-0.39, 0.29) is 0 Å². The highest BCUT2D eigenvalue weighted by Gasteiger charge is 2.27. The molecule has 2 rings (SSSR count). The fraction of sp³-hybridized carbons (Fsp3) is 0.100. The first-order valence-corrected chi connectivity index (χ1v) is 5.54. The first-order chi connectivity index (χ1) is 9.35. The molecule has 0 atom stereocenters. The van der Waals surface area contributed by atoms with Crippen LogP contribution < -0.4 is 16.5 Å². The summed E-state index contributed by atoms with van der Waals surface area (Å²) in [7, 11) is 0. The van der Waals surface area contributed by atoms with Crippen LogP contribution in [-0.2, 0) is 0 Å². The lowest BCUT2D eigenvalue weighted by atomic mass is 10.3. The van der Waals surface area contributed by atoms with Crippen LogP contribution in [0, 0.1) is 0 Å². The van der Waals surface area contributed by atoms with Gasteiger partial charge >= 0.3 is 12.0 Å². The SMILES string of the molecule is O=c1nc(NNC(F)(F)F)ncn1-c1ccc(Cl)cc1. The number of hydrogen-bond donors (Lipinski definition) is 2. The van der Waals surface area contributed by atoms with Crippen molar-refractivity contribution in [3.63, 3.8) is 0 Å². The standard InChI is InChI=1S/C10H7ClF3N5O/c11-6-1-3-7(4-2-6)19-5-15-8(16-9(19)20)17-18-10(12,13)14/h1-5,18H,(H,16,17,20). The summed E-state index contributed by atoms with van der Waals surface area (Å²) in [4.78, 5) is 18.6. The molecule has 0 aliphatic heterocycles. The summed E-state index contributed by atoms with van der Waals surface area (Å²) in [6, 6.07) is 6.21. The normalized spacial score (nSPS) is 11.4. The smallest absolute Gasteiger partial charge is 0.282 e. The molecule has 0 aliphatic carbocycles. The molecule has 1 heterocycles. The van der Waals surface area contributed by atoms with Crippen LogP contribution in [0.1, 0.15) is 0 Å². The lowest BCUT2D eigenvalue weighted by Gasteiger charge is -2.10. The van der Waals surface area contributed by atoms with Crippen LogP contribution in [-0.4, -0.2) is 20.8 Å². The number of hydrogen-bond acceptors (Lipinski definition) is 5. The largest absolute Gasteiger partial charge is 0.474 e. The molecule has 0 spiro atoms. The lowest BCUT2D eigenvalue weighted by Crippen LogP contribution is -2.38. The molecule has 2 aromatic rings. The lowest BCUT2D eigenvalue weighted by molar-refractivity contribution is -0.151. The van der Waals surface area contributed by atoms with Crippen LogP contribution >= 0.6 is 11.6 Å². The number of halogens is 4. The number of nitrogens with zero attached hydrogens (tertiary/aromatic N) is 3. The minimum Gasteiger partial charge on any atom is -0.282 e. The maximum absolute atomic E-state index is 11.9. The molecule has 0 bridgehead atoms. The van der Waals surface area contributed by atoms with E-state index in [9.17, 15) is 18.0 Å². The second-order valence-electron chi connectivity index (χ2n) is 3.56. The van der Waals surface area contributed by atoms with Gasteiger partial charge in [0.1, 0.15) is 6.33 Å². The maximum atomic E-state index is 11.9. The number of aromatic nitrogens is 3. The Kier molecular flexibility index (Phi) is 3.91. The quantitative estimate of drug-likeness (QED) is 0.667. The number of benzene rings is 1. The van der Waals surface area contributed by atoms with E-state index in [0.29, 0.717) is 10.7 Å². The zero-order valence-electron chi connectivity index (χ0n) is 9.65. The Bertz CT molecular complexity index is 655. The van der Waals surface area contributed by atoms with Crippen molar-refractivity contribution in [2.45, 2.75) is 6.30 Å². The molecule has 0 fully saturated rings. The van der Waals surface area contributed by atoms with Crippen molar-refractivity contribution >= 4 is 17.5 Å². The third-order valence-electron chi connectivity index (χ3n) is 2.12. The van der Waals surface area contributed by atoms with Crippen LogP contribution in [0.15, 0.2) is 35.4 Å². The van der Waals surface area contributed by atoms with Crippen molar-refractivity contribution in [1.82, 2.24) is 20.0 Å². The summed E-state index contributed by atoms with van der Waals surface area (Å²) in [5.41, 5.74) is 2.33. The van der Waals surface area contributed by atoms with E-state index < -0.39 is 17.9 Å². The van der Waals surface area contributed by atoms with E-state index in [2.05, 4.69) is 9.97 Å². The number of hydrazine groups is 1. The van der Waals surface area contributed by atoms with Crippen LogP contribution in [0.3, 0.4) is 0 Å². The fourth-order valence-corrected chi connectivity index (χ4v) is 1.43. The van der Waals surface area contributed by atoms with E-state index in [1.165, 1.54) is 0 Å². The summed E-state index contributed by atoms with van der Waals surface area (Å²) in [6.45, 7) is 0. The minimum atomic E-state index is -4.66. The average molecular weight is 306 g/mol. The molecule has 10 heteroatoms. The predicted octanol–water partition coefficient (Wildman–Crippen LogP) is 1.72. The molecule has 2 N–H and O–H groups in total. The highest BCUT2D eigenvalue weighted by Crippen LogP contribution is 2.12. The molecule has 1 aromatic heterocycles. The zero-order chi connectivity index (χ0) is 14.8. The third-order valence-corrected chi connectivity index (χ3v) is 2.38. The van der Waals surface area contributed by atoms with Crippen molar-refractivity contribution in [2.75, 3.05) is 5.43 Å². The second-order valence-corrected chi connectivity index (χ2v) is 3.99. The van der Waals surface area contributed by atoms with Gasteiger partial charge in [0.2, 0.25) is 5.95 Å². The Morgan fingerprint density at radius 3 is 2.40 bits per heavy atom. The molecular formula is C10H7ClF3N5O. The van der Waals surface area contributed by atoms with Gasteiger partial charge in [-0.1, -0.05) is 11.6 Å². The Balaban J connectivity index is 2.22.